The number of carbonyl (C=O) groups excluding carboxylic acids is 2. The number of rotatable bonds is 35. The fourth-order valence-electron chi connectivity index (χ4n) is 5.22. The Morgan fingerprint density at radius 3 is 1.36 bits per heavy atom. The van der Waals surface area contributed by atoms with Crippen LogP contribution >= 0.6 is 7.82 Å². The minimum absolute atomic E-state index is 0.0576. The number of ether oxygens (including phenoxy) is 2. The summed E-state index contributed by atoms with van der Waals surface area (Å²) in [5.41, 5.74) is 5.32. The Labute approximate surface area is 276 Å². The van der Waals surface area contributed by atoms with Crippen LogP contribution in [0.4, 0.5) is 0 Å². The number of phosphoric ester groups is 1. The third-order valence-electron chi connectivity index (χ3n) is 7.99. The van der Waals surface area contributed by atoms with E-state index >= 15 is 0 Å². The average Bonchev–Trinajstić information content (AvgIpc) is 3.02. The van der Waals surface area contributed by atoms with Crippen molar-refractivity contribution < 1.29 is 37.6 Å². The fourth-order valence-corrected chi connectivity index (χ4v) is 5.99. The molecule has 0 aliphatic heterocycles. The molecule has 0 aromatic carbocycles. The van der Waals surface area contributed by atoms with Crippen LogP contribution in [-0.2, 0) is 32.7 Å². The van der Waals surface area contributed by atoms with Crippen molar-refractivity contribution in [3.05, 3.63) is 0 Å². The van der Waals surface area contributed by atoms with E-state index < -0.39 is 26.5 Å². The number of hydrogen-bond donors (Lipinski definition) is 2. The Hall–Kier alpha value is -0.990. The monoisotopic (exact) mass is 663 g/mol. The molecule has 0 spiro atoms. The summed E-state index contributed by atoms with van der Waals surface area (Å²) < 4.78 is 32.6. The van der Waals surface area contributed by atoms with Crippen LogP contribution in [0.25, 0.3) is 0 Å². The normalized spacial score (nSPS) is 13.4. The highest BCUT2D eigenvalue weighted by atomic mass is 31.2. The molecule has 0 rings (SSSR count). The molecule has 1 unspecified atom stereocenters. The van der Waals surface area contributed by atoms with E-state index in [1.807, 2.05) is 0 Å². The number of phosphoric acid groups is 1. The Kier molecular flexibility index (Phi) is 32.2. The van der Waals surface area contributed by atoms with E-state index in [1.54, 1.807) is 0 Å². The van der Waals surface area contributed by atoms with Crippen LogP contribution < -0.4 is 5.73 Å². The molecular formula is C35H70NO8P. The van der Waals surface area contributed by atoms with E-state index in [0.29, 0.717) is 6.42 Å². The number of unbranched alkanes of at least 4 members (excludes halogenated alkanes) is 22. The third kappa shape index (κ3) is 32.7. The van der Waals surface area contributed by atoms with Crippen molar-refractivity contribution in [1.29, 1.82) is 0 Å². The third-order valence-corrected chi connectivity index (χ3v) is 8.98. The highest BCUT2D eigenvalue weighted by Crippen LogP contribution is 2.43. The number of carbonyl (C=O) groups is 2. The first kappa shape index (κ1) is 44.0. The standard InChI is InChI=1S/C35H70NO8P/c1-3-5-7-9-11-13-15-16-17-18-20-21-23-25-27-34(37)41-31-33(32-43-45(39,40)42-30-29-36)44-35(38)28-26-24-22-19-14-12-10-8-6-4-2/h33H,3-32,36H2,1-2H3,(H,39,40)/t33-/m0/s1. The first-order chi connectivity index (χ1) is 21.8. The van der Waals surface area contributed by atoms with E-state index in [2.05, 4.69) is 13.8 Å². The number of nitrogens with two attached hydrogens (primary N) is 1. The van der Waals surface area contributed by atoms with Crippen molar-refractivity contribution in [3.63, 3.8) is 0 Å². The summed E-state index contributed by atoms with van der Waals surface area (Å²) >= 11 is 0. The SMILES string of the molecule is CCCCCCCCCCCCCCCCC(=O)OC[C@@H](COP(=O)(O)OCCN)OC(=O)CCCCCCCCCCCC. The largest absolute Gasteiger partial charge is 0.472 e. The minimum Gasteiger partial charge on any atom is -0.462 e. The molecule has 3 N–H and O–H groups in total. The molecule has 0 aromatic rings. The molecule has 0 saturated carbocycles. The summed E-state index contributed by atoms with van der Waals surface area (Å²) in [4.78, 5) is 34.6. The first-order valence-corrected chi connectivity index (χ1v) is 20.0. The molecule has 268 valence electrons. The maximum atomic E-state index is 12.5. The maximum Gasteiger partial charge on any atom is 0.472 e. The second kappa shape index (κ2) is 32.9. The van der Waals surface area contributed by atoms with Gasteiger partial charge in [0.1, 0.15) is 6.61 Å². The molecule has 45 heavy (non-hydrogen) atoms. The van der Waals surface area contributed by atoms with E-state index in [1.165, 1.54) is 116 Å². The van der Waals surface area contributed by atoms with Crippen molar-refractivity contribution in [1.82, 2.24) is 0 Å². The van der Waals surface area contributed by atoms with Gasteiger partial charge in [0.2, 0.25) is 0 Å². The summed E-state index contributed by atoms with van der Waals surface area (Å²) in [6, 6.07) is 0. The van der Waals surface area contributed by atoms with Gasteiger partial charge in [0, 0.05) is 19.4 Å². The van der Waals surface area contributed by atoms with Gasteiger partial charge in [-0.1, -0.05) is 155 Å². The van der Waals surface area contributed by atoms with Gasteiger partial charge in [0.15, 0.2) is 6.10 Å². The van der Waals surface area contributed by atoms with Gasteiger partial charge in [0.05, 0.1) is 13.2 Å². The van der Waals surface area contributed by atoms with Crippen molar-refractivity contribution in [3.8, 4) is 0 Å². The zero-order chi connectivity index (χ0) is 33.3. The molecule has 0 bridgehead atoms. The topological polar surface area (TPSA) is 134 Å². The van der Waals surface area contributed by atoms with Crippen molar-refractivity contribution >= 4 is 19.8 Å². The van der Waals surface area contributed by atoms with Crippen LogP contribution in [-0.4, -0.2) is 49.3 Å². The summed E-state index contributed by atoms with van der Waals surface area (Å²) in [6.07, 6.45) is 28.5. The summed E-state index contributed by atoms with van der Waals surface area (Å²) in [7, 11) is -4.36. The van der Waals surface area contributed by atoms with Crippen molar-refractivity contribution in [2.75, 3.05) is 26.4 Å². The molecule has 0 radical (unpaired) electrons. The Balaban J connectivity index is 4.18. The van der Waals surface area contributed by atoms with Crippen molar-refractivity contribution in [2.45, 2.75) is 187 Å². The van der Waals surface area contributed by atoms with Crippen LogP contribution in [0.2, 0.25) is 0 Å². The predicted molar refractivity (Wildman–Crippen MR) is 183 cm³/mol. The first-order valence-electron chi connectivity index (χ1n) is 18.5. The van der Waals surface area contributed by atoms with Gasteiger partial charge in [0.25, 0.3) is 0 Å². The summed E-state index contributed by atoms with van der Waals surface area (Å²) in [6.45, 7) is 3.72. The van der Waals surface area contributed by atoms with E-state index in [9.17, 15) is 19.0 Å². The Morgan fingerprint density at radius 2 is 0.956 bits per heavy atom. The van der Waals surface area contributed by atoms with Crippen LogP contribution in [0.15, 0.2) is 0 Å². The molecule has 0 aliphatic rings. The smallest absolute Gasteiger partial charge is 0.462 e. The molecule has 0 saturated heterocycles. The lowest BCUT2D eigenvalue weighted by molar-refractivity contribution is -0.161. The van der Waals surface area contributed by atoms with Crippen LogP contribution in [0, 0.1) is 0 Å². The number of esters is 2. The molecular weight excluding hydrogens is 593 g/mol. The quantitative estimate of drug-likeness (QED) is 0.0386. The second-order valence-corrected chi connectivity index (χ2v) is 13.9. The highest BCUT2D eigenvalue weighted by molar-refractivity contribution is 7.47. The highest BCUT2D eigenvalue weighted by Gasteiger charge is 2.25. The van der Waals surface area contributed by atoms with Gasteiger partial charge >= 0.3 is 19.8 Å². The fraction of sp³-hybridized carbons (Fsp3) is 0.943. The zero-order valence-electron chi connectivity index (χ0n) is 29.1. The second-order valence-electron chi connectivity index (χ2n) is 12.5. The predicted octanol–water partition coefficient (Wildman–Crippen LogP) is 9.72. The lowest BCUT2D eigenvalue weighted by atomic mass is 10.0. The molecule has 0 fully saturated rings. The van der Waals surface area contributed by atoms with Gasteiger partial charge in [-0.2, -0.15) is 0 Å². The van der Waals surface area contributed by atoms with Crippen LogP contribution in [0.3, 0.4) is 0 Å². The Bertz CT molecular complexity index is 724. The van der Waals surface area contributed by atoms with Gasteiger partial charge in [-0.15, -0.1) is 0 Å². The van der Waals surface area contributed by atoms with Gasteiger partial charge in [-0.3, -0.25) is 18.6 Å². The zero-order valence-corrected chi connectivity index (χ0v) is 30.0. The lowest BCUT2D eigenvalue weighted by Crippen LogP contribution is -2.29. The summed E-state index contributed by atoms with van der Waals surface area (Å²) in [5, 5.41) is 0. The molecule has 2 atom stereocenters. The average molecular weight is 664 g/mol. The molecule has 10 heteroatoms. The number of hydrogen-bond acceptors (Lipinski definition) is 8. The maximum absolute atomic E-state index is 12.5. The molecule has 0 aliphatic carbocycles. The van der Waals surface area contributed by atoms with Crippen LogP contribution in [0.1, 0.15) is 181 Å². The molecule has 0 heterocycles. The van der Waals surface area contributed by atoms with Gasteiger partial charge < -0.3 is 20.1 Å². The van der Waals surface area contributed by atoms with Crippen LogP contribution in [0.5, 0.6) is 0 Å². The van der Waals surface area contributed by atoms with Gasteiger partial charge in [-0.05, 0) is 12.8 Å². The summed E-state index contributed by atoms with van der Waals surface area (Å²) in [5.74, 6) is -0.821. The lowest BCUT2D eigenvalue weighted by Gasteiger charge is -2.19. The van der Waals surface area contributed by atoms with Gasteiger partial charge in [-0.25, -0.2) is 4.57 Å². The molecule has 9 nitrogen and oxygen atoms in total. The van der Waals surface area contributed by atoms with E-state index in [-0.39, 0.29) is 38.6 Å². The van der Waals surface area contributed by atoms with E-state index in [4.69, 9.17) is 24.3 Å². The minimum atomic E-state index is -4.36. The Morgan fingerprint density at radius 1 is 0.578 bits per heavy atom. The van der Waals surface area contributed by atoms with E-state index in [0.717, 1.165) is 32.1 Å². The molecule has 0 amide bonds. The molecule has 0 aromatic heterocycles. The van der Waals surface area contributed by atoms with Crippen molar-refractivity contribution in [2.24, 2.45) is 5.73 Å².